The molecule has 20 heavy (non-hydrogen) atoms. The highest BCUT2D eigenvalue weighted by Gasteiger charge is 2.16. The Balaban J connectivity index is 2.90. The number of carbonyl (C=O) groups is 1. The van der Waals surface area contributed by atoms with E-state index in [-0.39, 0.29) is 17.8 Å². The van der Waals surface area contributed by atoms with E-state index in [4.69, 9.17) is 5.14 Å². The number of nitrogens with two attached hydrogens (primary N) is 1. The minimum Gasteiger partial charge on any atom is -0.387 e. The predicted molar refractivity (Wildman–Crippen MR) is 73.0 cm³/mol. The van der Waals surface area contributed by atoms with E-state index in [2.05, 4.69) is 10.6 Å². The first-order valence-electron chi connectivity index (χ1n) is 5.49. The molecule has 1 amide bonds. The molecule has 0 atom stereocenters. The Kier molecular flexibility index (Phi) is 5.00. The van der Waals surface area contributed by atoms with Crippen LogP contribution in [-0.2, 0) is 10.0 Å². The summed E-state index contributed by atoms with van der Waals surface area (Å²) in [5.74, 6) is -1.04. The van der Waals surface area contributed by atoms with Gasteiger partial charge in [-0.25, -0.2) is 13.6 Å². The van der Waals surface area contributed by atoms with Gasteiger partial charge in [-0.1, -0.05) is 0 Å². The van der Waals surface area contributed by atoms with Gasteiger partial charge in [-0.15, -0.1) is 0 Å². The van der Waals surface area contributed by atoms with E-state index in [1.807, 2.05) is 0 Å². The molecule has 0 saturated carbocycles. The second-order valence-corrected chi connectivity index (χ2v) is 5.59. The Bertz CT molecular complexity index is 629. The Morgan fingerprint density at radius 1 is 1.45 bits per heavy atom. The highest BCUT2D eigenvalue weighted by atomic mass is 32.2. The first-order valence-corrected chi connectivity index (χ1v) is 7.21. The van der Waals surface area contributed by atoms with Gasteiger partial charge in [0.05, 0.1) is 16.2 Å². The number of primary sulfonamides is 1. The lowest BCUT2D eigenvalue weighted by molar-refractivity contribution is -0.384. The molecule has 0 spiro atoms. The summed E-state index contributed by atoms with van der Waals surface area (Å²) in [6, 6.07) is 3.76. The van der Waals surface area contributed by atoms with Crippen molar-refractivity contribution in [3.05, 3.63) is 33.9 Å². The van der Waals surface area contributed by atoms with Crippen LogP contribution in [0, 0.1) is 10.1 Å². The van der Waals surface area contributed by atoms with Crippen LogP contribution in [0.5, 0.6) is 0 Å². The number of non-ortho nitro benzene ring substituents is 1. The summed E-state index contributed by atoms with van der Waals surface area (Å²) in [7, 11) is -2.12. The molecule has 0 heterocycles. The summed E-state index contributed by atoms with van der Waals surface area (Å²) in [4.78, 5) is 21.9. The van der Waals surface area contributed by atoms with Crippen LogP contribution >= 0.6 is 0 Å². The molecule has 0 aliphatic rings. The molecule has 1 aromatic carbocycles. The van der Waals surface area contributed by atoms with Crippen LogP contribution < -0.4 is 15.8 Å². The summed E-state index contributed by atoms with van der Waals surface area (Å²) in [6.45, 7) is -0.177. The maximum absolute atomic E-state index is 11.9. The molecule has 10 heteroatoms. The number of nitro groups is 1. The van der Waals surface area contributed by atoms with Crippen LogP contribution in [0.1, 0.15) is 10.4 Å². The van der Waals surface area contributed by atoms with Gasteiger partial charge in [0.2, 0.25) is 10.0 Å². The zero-order valence-electron chi connectivity index (χ0n) is 10.6. The van der Waals surface area contributed by atoms with Crippen molar-refractivity contribution in [1.82, 2.24) is 5.32 Å². The van der Waals surface area contributed by atoms with E-state index in [1.165, 1.54) is 12.1 Å². The van der Waals surface area contributed by atoms with Crippen molar-refractivity contribution in [2.45, 2.75) is 0 Å². The number of nitrogens with zero attached hydrogens (tertiary/aromatic N) is 1. The van der Waals surface area contributed by atoms with Gasteiger partial charge in [0, 0.05) is 31.4 Å². The molecular weight excluding hydrogens is 288 g/mol. The Labute approximate surface area is 115 Å². The molecule has 0 radical (unpaired) electrons. The van der Waals surface area contributed by atoms with Gasteiger partial charge in [0.25, 0.3) is 11.6 Å². The predicted octanol–water partition coefficient (Wildman–Crippen LogP) is -0.345. The number of carbonyl (C=O) groups excluding carboxylic acids is 1. The third-order valence-electron chi connectivity index (χ3n) is 2.40. The van der Waals surface area contributed by atoms with Crippen molar-refractivity contribution in [2.24, 2.45) is 5.14 Å². The monoisotopic (exact) mass is 302 g/mol. The fourth-order valence-electron chi connectivity index (χ4n) is 1.45. The SMILES string of the molecule is CNc1ccc([N+](=O)[O-])cc1C(=O)NCCS(N)(=O)=O. The van der Waals surface area contributed by atoms with Crippen molar-refractivity contribution >= 4 is 27.3 Å². The summed E-state index contributed by atoms with van der Waals surface area (Å²) in [5.41, 5.74) is 0.209. The lowest BCUT2D eigenvalue weighted by Crippen LogP contribution is -2.31. The van der Waals surface area contributed by atoms with Crippen LogP contribution in [0.15, 0.2) is 18.2 Å². The number of amides is 1. The summed E-state index contributed by atoms with van der Waals surface area (Å²) < 4.78 is 21.5. The number of nitrogens with one attached hydrogen (secondary N) is 2. The molecular formula is C10H14N4O5S. The van der Waals surface area contributed by atoms with E-state index < -0.39 is 26.6 Å². The maximum atomic E-state index is 11.9. The molecule has 0 saturated heterocycles. The first kappa shape index (κ1) is 15.9. The molecule has 0 aliphatic heterocycles. The number of hydrogen-bond donors (Lipinski definition) is 3. The van der Waals surface area contributed by atoms with Gasteiger partial charge in [0.15, 0.2) is 0 Å². The quantitative estimate of drug-likeness (QED) is 0.484. The maximum Gasteiger partial charge on any atom is 0.270 e. The van der Waals surface area contributed by atoms with Crippen LogP contribution in [0.25, 0.3) is 0 Å². The molecule has 0 fully saturated rings. The molecule has 0 aromatic heterocycles. The molecule has 0 aliphatic carbocycles. The summed E-state index contributed by atoms with van der Waals surface area (Å²) >= 11 is 0. The number of rotatable bonds is 6. The van der Waals surface area contributed by atoms with Crippen LogP contribution in [0.3, 0.4) is 0 Å². The number of benzene rings is 1. The van der Waals surface area contributed by atoms with Gasteiger partial charge >= 0.3 is 0 Å². The van der Waals surface area contributed by atoms with Crippen molar-refractivity contribution < 1.29 is 18.1 Å². The second kappa shape index (κ2) is 6.30. The molecule has 1 aromatic rings. The highest BCUT2D eigenvalue weighted by molar-refractivity contribution is 7.89. The molecule has 0 unspecified atom stereocenters. The molecule has 9 nitrogen and oxygen atoms in total. The first-order chi connectivity index (χ1) is 9.24. The van der Waals surface area contributed by atoms with E-state index in [9.17, 15) is 23.3 Å². The second-order valence-electron chi connectivity index (χ2n) is 3.86. The summed E-state index contributed by atoms with van der Waals surface area (Å²) in [5, 5.41) is 20.5. The molecule has 4 N–H and O–H groups in total. The Hall–Kier alpha value is -2.20. The van der Waals surface area contributed by atoms with E-state index in [0.29, 0.717) is 5.69 Å². The fourth-order valence-corrected chi connectivity index (χ4v) is 1.84. The third kappa shape index (κ3) is 4.48. The van der Waals surface area contributed by atoms with Crippen molar-refractivity contribution in [3.63, 3.8) is 0 Å². The Morgan fingerprint density at radius 2 is 2.10 bits per heavy atom. The lowest BCUT2D eigenvalue weighted by atomic mass is 10.1. The van der Waals surface area contributed by atoms with Crippen molar-refractivity contribution in [3.8, 4) is 0 Å². The zero-order valence-corrected chi connectivity index (χ0v) is 11.4. The van der Waals surface area contributed by atoms with Crippen LogP contribution in [0.2, 0.25) is 0 Å². The summed E-state index contributed by atoms with van der Waals surface area (Å²) in [6.07, 6.45) is 0. The van der Waals surface area contributed by atoms with E-state index >= 15 is 0 Å². The molecule has 1 rings (SSSR count). The van der Waals surface area contributed by atoms with Gasteiger partial charge < -0.3 is 10.6 Å². The molecule has 0 bridgehead atoms. The smallest absolute Gasteiger partial charge is 0.270 e. The average molecular weight is 302 g/mol. The topological polar surface area (TPSA) is 144 Å². The Morgan fingerprint density at radius 3 is 2.60 bits per heavy atom. The number of anilines is 1. The number of sulfonamides is 1. The van der Waals surface area contributed by atoms with Crippen molar-refractivity contribution in [2.75, 3.05) is 24.7 Å². The average Bonchev–Trinajstić information content (AvgIpc) is 2.36. The standard InChI is InChI=1S/C10H14N4O5S/c1-12-9-3-2-7(14(16)17)6-8(9)10(15)13-4-5-20(11,18)19/h2-3,6,12H,4-5H2,1H3,(H,13,15)(H2,11,18,19). The normalized spacial score (nSPS) is 10.9. The minimum absolute atomic E-state index is 0.0520. The lowest BCUT2D eigenvalue weighted by Gasteiger charge is -2.09. The van der Waals surface area contributed by atoms with Crippen LogP contribution in [0.4, 0.5) is 11.4 Å². The van der Waals surface area contributed by atoms with Gasteiger partial charge in [-0.2, -0.15) is 0 Å². The van der Waals surface area contributed by atoms with E-state index in [1.54, 1.807) is 7.05 Å². The largest absolute Gasteiger partial charge is 0.387 e. The van der Waals surface area contributed by atoms with Gasteiger partial charge in [-0.3, -0.25) is 14.9 Å². The third-order valence-corrected chi connectivity index (χ3v) is 3.17. The highest BCUT2D eigenvalue weighted by Crippen LogP contribution is 2.21. The van der Waals surface area contributed by atoms with Crippen LogP contribution in [-0.4, -0.2) is 38.6 Å². The minimum atomic E-state index is -3.68. The van der Waals surface area contributed by atoms with E-state index in [0.717, 1.165) is 6.07 Å². The zero-order chi connectivity index (χ0) is 15.3. The molecule has 110 valence electrons. The number of hydrogen-bond acceptors (Lipinski definition) is 6. The van der Waals surface area contributed by atoms with Crippen molar-refractivity contribution in [1.29, 1.82) is 0 Å². The fraction of sp³-hybridized carbons (Fsp3) is 0.300. The van der Waals surface area contributed by atoms with Gasteiger partial charge in [0.1, 0.15) is 0 Å². The van der Waals surface area contributed by atoms with Gasteiger partial charge in [-0.05, 0) is 6.07 Å². The number of nitro benzene ring substituents is 1.